The van der Waals surface area contributed by atoms with Gasteiger partial charge in [0, 0.05) is 11.2 Å². The van der Waals surface area contributed by atoms with Gasteiger partial charge in [-0.25, -0.2) is 4.79 Å². The molecule has 126 valence electrons. The smallest absolute Gasteiger partial charge is 0.344 e. The van der Waals surface area contributed by atoms with Crippen molar-refractivity contribution in [1.82, 2.24) is 0 Å². The molecule has 0 bridgehead atoms. The van der Waals surface area contributed by atoms with Crippen molar-refractivity contribution >= 4 is 29.5 Å². The summed E-state index contributed by atoms with van der Waals surface area (Å²) in [7, 11) is 0. The van der Waals surface area contributed by atoms with Gasteiger partial charge in [-0.15, -0.1) is 0 Å². The molecule has 0 unspecified atom stereocenters. The lowest BCUT2D eigenvalue weighted by molar-refractivity contribution is -0.157. The van der Waals surface area contributed by atoms with Crippen LogP contribution in [0.15, 0.2) is 53.5 Å². The molecule has 0 fully saturated rings. The molecule has 0 saturated carbocycles. The Morgan fingerprint density at radius 3 is 2.29 bits per heavy atom. The normalized spacial score (nSPS) is 11.5. The number of rotatable bonds is 5. The zero-order valence-corrected chi connectivity index (χ0v) is 14.7. The van der Waals surface area contributed by atoms with Crippen molar-refractivity contribution in [3.63, 3.8) is 0 Å². The summed E-state index contributed by atoms with van der Waals surface area (Å²) < 4.78 is 10.6. The molecule has 0 saturated heterocycles. The summed E-state index contributed by atoms with van der Waals surface area (Å²) in [6.45, 7) is 5.34. The van der Waals surface area contributed by atoms with Gasteiger partial charge in [-0.3, -0.25) is 4.99 Å². The maximum absolute atomic E-state index is 11.6. The van der Waals surface area contributed by atoms with Crippen LogP contribution in [-0.4, -0.2) is 24.4 Å². The maximum atomic E-state index is 11.6. The summed E-state index contributed by atoms with van der Waals surface area (Å²) in [4.78, 5) is 16.0. The molecule has 5 heteroatoms. The monoisotopic (exact) mass is 345 g/mol. The average Bonchev–Trinajstić information content (AvgIpc) is 2.52. The van der Waals surface area contributed by atoms with E-state index in [1.807, 2.05) is 45.0 Å². The average molecular weight is 346 g/mol. The minimum absolute atomic E-state index is 0.116. The highest BCUT2D eigenvalue weighted by Gasteiger charge is 2.16. The van der Waals surface area contributed by atoms with Crippen molar-refractivity contribution in [3.8, 4) is 5.75 Å². The molecule has 0 aliphatic rings. The number of nitrogens with zero attached hydrogens (tertiary/aromatic N) is 1. The van der Waals surface area contributed by atoms with E-state index in [1.54, 1.807) is 30.5 Å². The van der Waals surface area contributed by atoms with Gasteiger partial charge in [0.1, 0.15) is 11.4 Å². The van der Waals surface area contributed by atoms with E-state index in [0.29, 0.717) is 10.8 Å². The van der Waals surface area contributed by atoms with Crippen molar-refractivity contribution in [2.24, 2.45) is 4.99 Å². The van der Waals surface area contributed by atoms with Crippen molar-refractivity contribution in [2.45, 2.75) is 26.4 Å². The molecule has 24 heavy (non-hydrogen) atoms. The summed E-state index contributed by atoms with van der Waals surface area (Å²) in [5, 5.41) is 0.681. The van der Waals surface area contributed by atoms with Gasteiger partial charge in [-0.1, -0.05) is 11.6 Å². The van der Waals surface area contributed by atoms with Gasteiger partial charge in [0.05, 0.1) is 5.69 Å². The van der Waals surface area contributed by atoms with Crippen LogP contribution in [0.4, 0.5) is 5.69 Å². The van der Waals surface area contributed by atoms with Crippen LogP contribution in [0.1, 0.15) is 26.3 Å². The molecule has 0 heterocycles. The molecule has 4 nitrogen and oxygen atoms in total. The summed E-state index contributed by atoms with van der Waals surface area (Å²) in [5.41, 5.74) is 1.24. The topological polar surface area (TPSA) is 47.9 Å². The second-order valence-corrected chi connectivity index (χ2v) is 6.62. The summed E-state index contributed by atoms with van der Waals surface area (Å²) in [6, 6.07) is 14.6. The van der Waals surface area contributed by atoms with Crippen LogP contribution in [-0.2, 0) is 9.53 Å². The molecule has 0 amide bonds. The summed E-state index contributed by atoms with van der Waals surface area (Å²) >= 11 is 5.83. The maximum Gasteiger partial charge on any atom is 0.344 e. The molecular formula is C19H20ClNO3. The van der Waals surface area contributed by atoms with E-state index < -0.39 is 11.6 Å². The third kappa shape index (κ3) is 6.42. The first kappa shape index (κ1) is 18.0. The van der Waals surface area contributed by atoms with Crippen LogP contribution < -0.4 is 4.74 Å². The third-order valence-corrected chi connectivity index (χ3v) is 3.10. The molecule has 0 N–H and O–H groups in total. The molecule has 2 aromatic carbocycles. The van der Waals surface area contributed by atoms with Crippen molar-refractivity contribution in [1.29, 1.82) is 0 Å². The van der Waals surface area contributed by atoms with E-state index in [2.05, 4.69) is 4.99 Å². The van der Waals surface area contributed by atoms with Crippen LogP contribution in [0.25, 0.3) is 0 Å². The van der Waals surface area contributed by atoms with Gasteiger partial charge in [-0.2, -0.15) is 0 Å². The number of carbonyl (C=O) groups is 1. The van der Waals surface area contributed by atoms with Gasteiger partial charge in [0.15, 0.2) is 6.61 Å². The van der Waals surface area contributed by atoms with Crippen molar-refractivity contribution in [2.75, 3.05) is 6.61 Å². The van der Waals surface area contributed by atoms with Crippen LogP contribution in [0.2, 0.25) is 5.02 Å². The molecule has 0 aliphatic carbocycles. The lowest BCUT2D eigenvalue weighted by Gasteiger charge is -2.19. The van der Waals surface area contributed by atoms with Crippen LogP contribution in [0.5, 0.6) is 5.75 Å². The van der Waals surface area contributed by atoms with E-state index in [9.17, 15) is 4.79 Å². The summed E-state index contributed by atoms with van der Waals surface area (Å²) in [5.74, 6) is 0.209. The molecule has 0 atom stereocenters. The predicted molar refractivity (Wildman–Crippen MR) is 96.5 cm³/mol. The standard InChI is InChI=1S/C19H20ClNO3/c1-19(2,3)24-18(22)13-23-17-10-4-14(5-11-17)12-21-16-8-6-15(20)7-9-16/h4-12H,13H2,1-3H3. The number of ether oxygens (including phenoxy) is 2. The first-order valence-electron chi connectivity index (χ1n) is 7.56. The lowest BCUT2D eigenvalue weighted by atomic mass is 10.2. The Bertz CT molecular complexity index is 701. The number of esters is 1. The van der Waals surface area contributed by atoms with E-state index in [4.69, 9.17) is 21.1 Å². The second kappa shape index (κ2) is 7.97. The van der Waals surface area contributed by atoms with Crippen molar-refractivity contribution in [3.05, 3.63) is 59.1 Å². The van der Waals surface area contributed by atoms with Gasteiger partial charge in [-0.05, 0) is 74.9 Å². The quantitative estimate of drug-likeness (QED) is 0.577. The van der Waals surface area contributed by atoms with E-state index in [1.165, 1.54) is 0 Å². The number of carbonyl (C=O) groups excluding carboxylic acids is 1. The van der Waals surface area contributed by atoms with Crippen LogP contribution in [0.3, 0.4) is 0 Å². The predicted octanol–water partition coefficient (Wildman–Crippen LogP) is 4.81. The first-order chi connectivity index (χ1) is 11.3. The molecular weight excluding hydrogens is 326 g/mol. The molecule has 0 radical (unpaired) electrons. The number of benzene rings is 2. The fraction of sp³-hybridized carbons (Fsp3) is 0.263. The zero-order valence-electron chi connectivity index (χ0n) is 14.0. The first-order valence-corrected chi connectivity index (χ1v) is 7.94. The Balaban J connectivity index is 1.88. The Morgan fingerprint density at radius 2 is 1.71 bits per heavy atom. The highest BCUT2D eigenvalue weighted by Crippen LogP contribution is 2.17. The fourth-order valence-corrected chi connectivity index (χ4v) is 1.97. The van der Waals surface area contributed by atoms with Gasteiger partial charge in [0.25, 0.3) is 0 Å². The highest BCUT2D eigenvalue weighted by atomic mass is 35.5. The zero-order chi connectivity index (χ0) is 17.6. The fourth-order valence-electron chi connectivity index (χ4n) is 1.84. The Morgan fingerprint density at radius 1 is 1.08 bits per heavy atom. The van der Waals surface area contributed by atoms with Crippen LogP contribution in [0, 0.1) is 0 Å². The van der Waals surface area contributed by atoms with Gasteiger partial charge >= 0.3 is 5.97 Å². The van der Waals surface area contributed by atoms with E-state index in [-0.39, 0.29) is 6.61 Å². The summed E-state index contributed by atoms with van der Waals surface area (Å²) in [6.07, 6.45) is 1.75. The molecule has 0 aliphatic heterocycles. The molecule has 2 aromatic rings. The Labute approximate surface area is 147 Å². The second-order valence-electron chi connectivity index (χ2n) is 6.18. The minimum atomic E-state index is -0.511. The minimum Gasteiger partial charge on any atom is -0.482 e. The third-order valence-electron chi connectivity index (χ3n) is 2.85. The molecule has 0 aromatic heterocycles. The number of hydrogen-bond acceptors (Lipinski definition) is 4. The van der Waals surface area contributed by atoms with Gasteiger partial charge < -0.3 is 9.47 Å². The molecule has 2 rings (SSSR count). The number of halogens is 1. The number of aliphatic imine (C=N–C) groups is 1. The lowest BCUT2D eigenvalue weighted by Crippen LogP contribution is -2.27. The Hall–Kier alpha value is -2.33. The number of hydrogen-bond donors (Lipinski definition) is 0. The van der Waals surface area contributed by atoms with E-state index >= 15 is 0 Å². The SMILES string of the molecule is CC(C)(C)OC(=O)COc1ccc(C=Nc2ccc(Cl)cc2)cc1. The van der Waals surface area contributed by atoms with Crippen molar-refractivity contribution < 1.29 is 14.3 Å². The largest absolute Gasteiger partial charge is 0.482 e. The van der Waals surface area contributed by atoms with Gasteiger partial charge in [0.2, 0.25) is 0 Å². The van der Waals surface area contributed by atoms with E-state index in [0.717, 1.165) is 11.3 Å². The molecule has 0 spiro atoms. The highest BCUT2D eigenvalue weighted by molar-refractivity contribution is 6.30. The van der Waals surface area contributed by atoms with Crippen LogP contribution >= 0.6 is 11.6 Å². The Kier molecular flexibility index (Phi) is 5.99.